The van der Waals surface area contributed by atoms with Crippen LogP contribution in [0.25, 0.3) is 5.69 Å². The fourth-order valence-electron chi connectivity index (χ4n) is 2.90. The van der Waals surface area contributed by atoms with E-state index in [1.54, 1.807) is 4.68 Å². The summed E-state index contributed by atoms with van der Waals surface area (Å²) in [6, 6.07) is 14.3. The van der Waals surface area contributed by atoms with Gasteiger partial charge in [-0.2, -0.15) is 0 Å². The van der Waals surface area contributed by atoms with Crippen LogP contribution in [0.2, 0.25) is 0 Å². The van der Waals surface area contributed by atoms with Crippen LogP contribution >= 0.6 is 15.9 Å². The molecule has 0 amide bonds. The molecule has 0 bridgehead atoms. The molecule has 1 heterocycles. The molecule has 116 valence electrons. The molecule has 4 rings (SSSR count). The molecule has 0 fully saturated rings. The summed E-state index contributed by atoms with van der Waals surface area (Å²) in [6.45, 7) is 0.423. The fourth-order valence-corrected chi connectivity index (χ4v) is 3.29. The van der Waals surface area contributed by atoms with E-state index in [2.05, 4.69) is 38.4 Å². The summed E-state index contributed by atoms with van der Waals surface area (Å²) in [6.07, 6.45) is 5.50. The maximum absolute atomic E-state index is 5.87. The van der Waals surface area contributed by atoms with Crippen LogP contribution in [0, 0.1) is 0 Å². The molecule has 0 aliphatic heterocycles. The predicted molar refractivity (Wildman–Crippen MR) is 91.9 cm³/mol. The third kappa shape index (κ3) is 3.15. The van der Waals surface area contributed by atoms with Crippen molar-refractivity contribution in [2.45, 2.75) is 25.9 Å². The average Bonchev–Trinajstić information content (AvgIpc) is 3.21. The Balaban J connectivity index is 1.46. The van der Waals surface area contributed by atoms with Crippen molar-refractivity contribution in [2.75, 3.05) is 0 Å². The van der Waals surface area contributed by atoms with Crippen LogP contribution in [0.15, 0.2) is 53.1 Å². The number of halogens is 1. The minimum absolute atomic E-state index is 0.423. The molecule has 0 radical (unpaired) electrons. The lowest BCUT2D eigenvalue weighted by Crippen LogP contribution is -1.96. The van der Waals surface area contributed by atoms with Crippen LogP contribution in [0.5, 0.6) is 5.75 Å². The van der Waals surface area contributed by atoms with Crippen LogP contribution in [-0.2, 0) is 19.4 Å². The van der Waals surface area contributed by atoms with E-state index in [1.165, 1.54) is 24.0 Å². The zero-order chi connectivity index (χ0) is 15.6. The van der Waals surface area contributed by atoms with Crippen LogP contribution < -0.4 is 4.74 Å². The van der Waals surface area contributed by atoms with Crippen LogP contribution in [0.1, 0.15) is 23.2 Å². The molecule has 0 atom stereocenters. The van der Waals surface area contributed by atoms with Crippen molar-refractivity contribution < 1.29 is 4.74 Å². The highest BCUT2D eigenvalue weighted by molar-refractivity contribution is 9.10. The number of rotatable bonds is 4. The SMILES string of the molecule is Brc1cccc(-n2cc(COc3ccc4c(c3)CCC4)nn2)c1. The van der Waals surface area contributed by atoms with E-state index in [-0.39, 0.29) is 0 Å². The van der Waals surface area contributed by atoms with Gasteiger partial charge in [0, 0.05) is 4.47 Å². The van der Waals surface area contributed by atoms with Gasteiger partial charge >= 0.3 is 0 Å². The second kappa shape index (κ2) is 6.16. The molecule has 1 aliphatic rings. The quantitative estimate of drug-likeness (QED) is 0.694. The zero-order valence-electron chi connectivity index (χ0n) is 12.6. The van der Waals surface area contributed by atoms with Crippen molar-refractivity contribution >= 4 is 15.9 Å². The highest BCUT2D eigenvalue weighted by Crippen LogP contribution is 2.26. The second-order valence-electron chi connectivity index (χ2n) is 5.71. The number of hydrogen-bond donors (Lipinski definition) is 0. The number of aromatic nitrogens is 3. The van der Waals surface area contributed by atoms with Crippen molar-refractivity contribution in [3.63, 3.8) is 0 Å². The van der Waals surface area contributed by atoms with Gasteiger partial charge in [0.25, 0.3) is 0 Å². The van der Waals surface area contributed by atoms with E-state index in [0.717, 1.165) is 28.0 Å². The van der Waals surface area contributed by atoms with Crippen LogP contribution in [-0.4, -0.2) is 15.0 Å². The standard InChI is InChI=1S/C18H16BrN3O/c19-15-5-2-6-17(10-15)22-11-16(20-21-22)12-23-18-8-7-13-3-1-4-14(13)9-18/h2,5-11H,1,3-4,12H2. The molecular weight excluding hydrogens is 354 g/mol. The highest BCUT2D eigenvalue weighted by Gasteiger charge is 2.11. The normalized spacial score (nSPS) is 13.1. The van der Waals surface area contributed by atoms with Gasteiger partial charge in [0.2, 0.25) is 0 Å². The summed E-state index contributed by atoms with van der Waals surface area (Å²) >= 11 is 3.47. The van der Waals surface area contributed by atoms with Gasteiger partial charge in [0.1, 0.15) is 18.1 Å². The molecule has 4 nitrogen and oxygen atoms in total. The highest BCUT2D eigenvalue weighted by atomic mass is 79.9. The summed E-state index contributed by atoms with van der Waals surface area (Å²) in [5.41, 5.74) is 4.65. The molecular formula is C18H16BrN3O. The minimum Gasteiger partial charge on any atom is -0.487 e. The Hall–Kier alpha value is -2.14. The lowest BCUT2D eigenvalue weighted by molar-refractivity contribution is 0.301. The van der Waals surface area contributed by atoms with Gasteiger partial charge in [-0.25, -0.2) is 4.68 Å². The Morgan fingerprint density at radius 1 is 1.09 bits per heavy atom. The lowest BCUT2D eigenvalue weighted by Gasteiger charge is -2.06. The fraction of sp³-hybridized carbons (Fsp3) is 0.222. The number of aryl methyl sites for hydroxylation is 2. The van der Waals surface area contributed by atoms with E-state index in [0.29, 0.717) is 6.61 Å². The first-order valence-corrected chi connectivity index (χ1v) is 8.49. The van der Waals surface area contributed by atoms with Crippen molar-refractivity contribution in [3.8, 4) is 11.4 Å². The van der Waals surface area contributed by atoms with E-state index in [1.807, 2.05) is 36.5 Å². The molecule has 0 unspecified atom stereocenters. The molecule has 1 aliphatic carbocycles. The van der Waals surface area contributed by atoms with Gasteiger partial charge in [-0.15, -0.1) is 5.10 Å². The van der Waals surface area contributed by atoms with Gasteiger partial charge in [0.05, 0.1) is 11.9 Å². The van der Waals surface area contributed by atoms with Gasteiger partial charge < -0.3 is 4.74 Å². The molecule has 1 aromatic heterocycles. The summed E-state index contributed by atoms with van der Waals surface area (Å²) < 4.78 is 8.64. The molecule has 2 aromatic carbocycles. The maximum atomic E-state index is 5.87. The number of nitrogens with zero attached hydrogens (tertiary/aromatic N) is 3. The number of benzene rings is 2. The third-order valence-corrected chi connectivity index (χ3v) is 4.56. The smallest absolute Gasteiger partial charge is 0.134 e. The van der Waals surface area contributed by atoms with Gasteiger partial charge in [-0.1, -0.05) is 33.3 Å². The molecule has 23 heavy (non-hydrogen) atoms. The summed E-state index contributed by atoms with van der Waals surface area (Å²) in [5.74, 6) is 0.905. The molecule has 0 saturated carbocycles. The van der Waals surface area contributed by atoms with Crippen molar-refractivity contribution in [2.24, 2.45) is 0 Å². The van der Waals surface area contributed by atoms with E-state index >= 15 is 0 Å². The van der Waals surface area contributed by atoms with Crippen LogP contribution in [0.4, 0.5) is 0 Å². The van der Waals surface area contributed by atoms with Gasteiger partial charge in [-0.05, 0) is 60.7 Å². The summed E-state index contributed by atoms with van der Waals surface area (Å²) in [5, 5.41) is 8.35. The molecule has 5 heteroatoms. The minimum atomic E-state index is 0.423. The molecule has 0 spiro atoms. The second-order valence-corrected chi connectivity index (χ2v) is 6.62. The van der Waals surface area contributed by atoms with Crippen molar-refractivity contribution in [1.82, 2.24) is 15.0 Å². The lowest BCUT2D eigenvalue weighted by atomic mass is 10.1. The summed E-state index contributed by atoms with van der Waals surface area (Å²) in [7, 11) is 0. The first-order chi connectivity index (χ1) is 11.3. The van der Waals surface area contributed by atoms with E-state index < -0.39 is 0 Å². The van der Waals surface area contributed by atoms with Crippen molar-refractivity contribution in [3.05, 3.63) is 70.0 Å². The molecule has 3 aromatic rings. The van der Waals surface area contributed by atoms with Crippen LogP contribution in [0.3, 0.4) is 0 Å². The van der Waals surface area contributed by atoms with E-state index in [4.69, 9.17) is 4.74 Å². The zero-order valence-corrected chi connectivity index (χ0v) is 14.2. The average molecular weight is 370 g/mol. The number of ether oxygens (including phenoxy) is 1. The van der Waals surface area contributed by atoms with Crippen molar-refractivity contribution in [1.29, 1.82) is 0 Å². The van der Waals surface area contributed by atoms with E-state index in [9.17, 15) is 0 Å². The maximum Gasteiger partial charge on any atom is 0.134 e. The van der Waals surface area contributed by atoms with Gasteiger partial charge in [0.15, 0.2) is 0 Å². The number of fused-ring (bicyclic) bond motifs is 1. The van der Waals surface area contributed by atoms with Gasteiger partial charge in [-0.3, -0.25) is 0 Å². The Labute approximate surface area is 143 Å². The number of hydrogen-bond acceptors (Lipinski definition) is 3. The third-order valence-electron chi connectivity index (χ3n) is 4.07. The predicted octanol–water partition coefficient (Wildman–Crippen LogP) is 4.10. The largest absolute Gasteiger partial charge is 0.487 e. The first kappa shape index (κ1) is 14.5. The summed E-state index contributed by atoms with van der Waals surface area (Å²) in [4.78, 5) is 0. The Morgan fingerprint density at radius 3 is 2.91 bits per heavy atom. The Morgan fingerprint density at radius 2 is 2.00 bits per heavy atom. The topological polar surface area (TPSA) is 39.9 Å². The Bertz CT molecular complexity index is 844. The Kier molecular flexibility index (Phi) is 3.87. The first-order valence-electron chi connectivity index (χ1n) is 7.70. The monoisotopic (exact) mass is 369 g/mol. The molecule has 0 N–H and O–H groups in total. The molecule has 0 saturated heterocycles.